The van der Waals surface area contributed by atoms with Gasteiger partial charge >= 0.3 is 0 Å². The molecule has 2 amide bonds. The van der Waals surface area contributed by atoms with Crippen LogP contribution in [-0.4, -0.2) is 41.6 Å². The van der Waals surface area contributed by atoms with E-state index in [1.165, 1.54) is 11.3 Å². The van der Waals surface area contributed by atoms with Crippen LogP contribution in [0.1, 0.15) is 22.5 Å². The van der Waals surface area contributed by atoms with Crippen LogP contribution in [0.25, 0.3) is 0 Å². The Morgan fingerprint density at radius 2 is 2.19 bits per heavy atom. The molecule has 0 aliphatic carbocycles. The van der Waals surface area contributed by atoms with Crippen LogP contribution in [0.15, 0.2) is 35.7 Å². The van der Waals surface area contributed by atoms with Crippen LogP contribution >= 0.6 is 34.5 Å². The summed E-state index contributed by atoms with van der Waals surface area (Å²) in [6.45, 7) is 0.791. The summed E-state index contributed by atoms with van der Waals surface area (Å²) < 4.78 is 0. The zero-order chi connectivity index (χ0) is 19.4. The highest BCUT2D eigenvalue weighted by atomic mass is 35.5. The summed E-state index contributed by atoms with van der Waals surface area (Å²) in [7, 11) is 0. The van der Waals surface area contributed by atoms with E-state index in [2.05, 4.69) is 10.6 Å². The van der Waals surface area contributed by atoms with Gasteiger partial charge in [0, 0.05) is 25.2 Å². The number of aliphatic hydroxyl groups excluding tert-OH is 1. The predicted molar refractivity (Wildman–Crippen MR) is 109 cm³/mol. The minimum atomic E-state index is -1.01. The standard InChI is InChI=1S/C18H19Cl2N3O3S/c19-12-9-11(5-6-13(12)23-7-1-4-16(23)25)21-10-14(24)17(20)22-18(26)15-3-2-8-27-15/h2-3,5-6,8-9,14,17,21,24H,1,4,7,10H2,(H,22,26). The fourth-order valence-electron chi connectivity index (χ4n) is 2.76. The molecule has 9 heteroatoms. The molecule has 2 unspecified atom stereocenters. The highest BCUT2D eigenvalue weighted by Gasteiger charge is 2.24. The van der Waals surface area contributed by atoms with Gasteiger partial charge in [-0.3, -0.25) is 9.59 Å². The van der Waals surface area contributed by atoms with Crippen LogP contribution < -0.4 is 15.5 Å². The number of carbonyl (C=O) groups excluding carboxylic acids is 2. The molecule has 144 valence electrons. The number of rotatable bonds is 7. The molecule has 2 aromatic rings. The third-order valence-electron chi connectivity index (χ3n) is 4.18. The van der Waals surface area contributed by atoms with Crippen molar-refractivity contribution in [2.45, 2.75) is 24.4 Å². The molecule has 1 fully saturated rings. The van der Waals surface area contributed by atoms with E-state index in [0.717, 1.165) is 6.42 Å². The summed E-state index contributed by atoms with van der Waals surface area (Å²) in [6, 6.07) is 8.71. The van der Waals surface area contributed by atoms with E-state index in [1.54, 1.807) is 40.6 Å². The summed E-state index contributed by atoms with van der Waals surface area (Å²) in [5.74, 6) is -0.258. The van der Waals surface area contributed by atoms with Gasteiger partial charge in [0.15, 0.2) is 0 Å². The maximum atomic E-state index is 12.0. The SMILES string of the molecule is O=C(NC(Cl)C(O)CNc1ccc(N2CCCC2=O)c(Cl)c1)c1cccs1. The summed E-state index contributed by atoms with van der Waals surface area (Å²) >= 11 is 13.7. The average Bonchev–Trinajstić information content (AvgIpc) is 3.31. The van der Waals surface area contributed by atoms with E-state index in [9.17, 15) is 14.7 Å². The highest BCUT2D eigenvalue weighted by molar-refractivity contribution is 7.12. The quantitative estimate of drug-likeness (QED) is 0.467. The number of amides is 2. The van der Waals surface area contributed by atoms with Gasteiger partial charge in [-0.15, -0.1) is 11.3 Å². The van der Waals surface area contributed by atoms with Gasteiger partial charge in [-0.25, -0.2) is 0 Å². The van der Waals surface area contributed by atoms with Gasteiger partial charge in [-0.05, 0) is 36.1 Å². The van der Waals surface area contributed by atoms with Crippen molar-refractivity contribution in [2.24, 2.45) is 0 Å². The number of nitrogens with one attached hydrogen (secondary N) is 2. The second-order valence-corrected chi connectivity index (χ2v) is 7.94. The number of halogens is 2. The molecule has 27 heavy (non-hydrogen) atoms. The first-order chi connectivity index (χ1) is 13.0. The third kappa shape index (κ3) is 4.93. The van der Waals surface area contributed by atoms with Gasteiger partial charge in [0.2, 0.25) is 5.91 Å². The summed E-state index contributed by atoms with van der Waals surface area (Å²) in [5, 5.41) is 18.0. The Hall–Kier alpha value is -1.80. The topological polar surface area (TPSA) is 81.7 Å². The van der Waals surface area contributed by atoms with Crippen molar-refractivity contribution in [1.82, 2.24) is 5.32 Å². The molecular formula is C18H19Cl2N3O3S. The maximum Gasteiger partial charge on any atom is 0.262 e. The van der Waals surface area contributed by atoms with Crippen molar-refractivity contribution in [3.63, 3.8) is 0 Å². The maximum absolute atomic E-state index is 12.0. The molecule has 0 bridgehead atoms. The Kier molecular flexibility index (Phi) is 6.59. The Labute approximate surface area is 171 Å². The van der Waals surface area contributed by atoms with E-state index >= 15 is 0 Å². The number of hydrogen-bond acceptors (Lipinski definition) is 5. The molecule has 0 spiro atoms. The molecule has 0 saturated carbocycles. The second kappa shape index (κ2) is 8.93. The van der Waals surface area contributed by atoms with Crippen molar-refractivity contribution < 1.29 is 14.7 Å². The first kappa shape index (κ1) is 19.9. The van der Waals surface area contributed by atoms with Crippen LogP contribution in [0, 0.1) is 0 Å². The van der Waals surface area contributed by atoms with Gasteiger partial charge in [0.25, 0.3) is 5.91 Å². The van der Waals surface area contributed by atoms with E-state index in [0.29, 0.717) is 34.2 Å². The Bertz CT molecular complexity index is 816. The fraction of sp³-hybridized carbons (Fsp3) is 0.333. The van der Waals surface area contributed by atoms with E-state index in [4.69, 9.17) is 23.2 Å². The van der Waals surface area contributed by atoms with Crippen LogP contribution in [-0.2, 0) is 4.79 Å². The van der Waals surface area contributed by atoms with E-state index in [1.807, 2.05) is 0 Å². The molecule has 1 saturated heterocycles. The molecule has 3 rings (SSSR count). The van der Waals surface area contributed by atoms with Crippen LogP contribution in [0.4, 0.5) is 11.4 Å². The van der Waals surface area contributed by atoms with Gasteiger partial charge in [0.05, 0.1) is 15.6 Å². The van der Waals surface area contributed by atoms with Crippen molar-refractivity contribution in [2.75, 3.05) is 23.3 Å². The first-order valence-corrected chi connectivity index (χ1v) is 10.2. The van der Waals surface area contributed by atoms with E-state index in [-0.39, 0.29) is 18.4 Å². The summed E-state index contributed by atoms with van der Waals surface area (Å²) in [5.41, 5.74) is 0.427. The average molecular weight is 428 g/mol. The lowest BCUT2D eigenvalue weighted by molar-refractivity contribution is -0.117. The van der Waals surface area contributed by atoms with Gasteiger partial charge < -0.3 is 20.6 Å². The number of carbonyl (C=O) groups is 2. The molecule has 2 heterocycles. The molecule has 0 radical (unpaired) electrons. The first-order valence-electron chi connectivity index (χ1n) is 8.46. The molecule has 6 nitrogen and oxygen atoms in total. The van der Waals surface area contributed by atoms with Gasteiger partial charge in [0.1, 0.15) is 11.6 Å². The molecule has 2 atom stereocenters. The molecule has 1 aromatic carbocycles. The lowest BCUT2D eigenvalue weighted by Gasteiger charge is -2.20. The van der Waals surface area contributed by atoms with Crippen LogP contribution in [0.5, 0.6) is 0 Å². The van der Waals surface area contributed by atoms with Crippen molar-refractivity contribution in [3.05, 3.63) is 45.6 Å². The minimum absolute atomic E-state index is 0.0690. The largest absolute Gasteiger partial charge is 0.388 e. The molecule has 1 aliphatic heterocycles. The summed E-state index contributed by atoms with van der Waals surface area (Å²) in [6.07, 6.45) is 0.362. The minimum Gasteiger partial charge on any atom is -0.388 e. The van der Waals surface area contributed by atoms with Gasteiger partial charge in [-0.1, -0.05) is 29.3 Å². The molecule has 1 aliphatic rings. The number of alkyl halides is 1. The monoisotopic (exact) mass is 427 g/mol. The normalized spacial score (nSPS) is 16.3. The number of benzene rings is 1. The Morgan fingerprint density at radius 1 is 1.37 bits per heavy atom. The van der Waals surface area contributed by atoms with Crippen LogP contribution in [0.2, 0.25) is 5.02 Å². The fourth-order valence-corrected chi connectivity index (χ4v) is 3.86. The van der Waals surface area contributed by atoms with Crippen molar-refractivity contribution in [1.29, 1.82) is 0 Å². The Morgan fingerprint density at radius 3 is 2.81 bits per heavy atom. The molecule has 1 aromatic heterocycles. The van der Waals surface area contributed by atoms with Crippen molar-refractivity contribution >= 4 is 57.7 Å². The molecular weight excluding hydrogens is 409 g/mol. The smallest absolute Gasteiger partial charge is 0.262 e. The number of hydrogen-bond donors (Lipinski definition) is 3. The lowest BCUT2D eigenvalue weighted by atomic mass is 10.2. The van der Waals surface area contributed by atoms with Crippen molar-refractivity contribution in [3.8, 4) is 0 Å². The zero-order valence-electron chi connectivity index (χ0n) is 14.3. The lowest BCUT2D eigenvalue weighted by Crippen LogP contribution is -2.42. The Balaban J connectivity index is 1.53. The number of anilines is 2. The molecule has 3 N–H and O–H groups in total. The number of thiophene rings is 1. The predicted octanol–water partition coefficient (Wildman–Crippen LogP) is 3.30. The summed E-state index contributed by atoms with van der Waals surface area (Å²) in [4.78, 5) is 26.0. The van der Waals surface area contributed by atoms with Crippen LogP contribution in [0.3, 0.4) is 0 Å². The second-order valence-electron chi connectivity index (χ2n) is 6.12. The third-order valence-corrected chi connectivity index (χ3v) is 5.75. The number of nitrogens with zero attached hydrogens (tertiary/aromatic N) is 1. The number of aliphatic hydroxyl groups is 1. The highest BCUT2D eigenvalue weighted by Crippen LogP contribution is 2.31. The zero-order valence-corrected chi connectivity index (χ0v) is 16.7. The van der Waals surface area contributed by atoms with Gasteiger partial charge in [-0.2, -0.15) is 0 Å². The van der Waals surface area contributed by atoms with E-state index < -0.39 is 11.6 Å².